The number of carbonyl (C=O) groups is 1. The second-order valence-electron chi connectivity index (χ2n) is 6.68. The van der Waals surface area contributed by atoms with Crippen molar-refractivity contribution in [2.45, 2.75) is 57.6 Å². The lowest BCUT2D eigenvalue weighted by Gasteiger charge is -2.37. The first kappa shape index (κ1) is 14.6. The van der Waals surface area contributed by atoms with Crippen molar-refractivity contribution in [2.24, 2.45) is 13.0 Å². The quantitative estimate of drug-likeness (QED) is 0.909. The van der Waals surface area contributed by atoms with Crippen molar-refractivity contribution in [1.29, 1.82) is 0 Å². The first-order valence-corrected chi connectivity index (χ1v) is 8.20. The summed E-state index contributed by atoms with van der Waals surface area (Å²) in [5, 5.41) is 10.3. The number of aliphatic hydroxyl groups excluding tert-OH is 1. The van der Waals surface area contributed by atoms with Crippen LogP contribution in [0.1, 0.15) is 54.6 Å². The number of carbonyl (C=O) groups excluding carboxylic acids is 1. The molecule has 4 heteroatoms. The van der Waals surface area contributed by atoms with Crippen molar-refractivity contribution in [3.8, 4) is 0 Å². The second kappa shape index (κ2) is 5.84. The molecule has 3 rings (SSSR count). The number of aryl methyl sites for hydroxylation is 2. The molecule has 2 aliphatic rings. The zero-order chi connectivity index (χ0) is 15.0. The van der Waals surface area contributed by atoms with Crippen LogP contribution in [0.25, 0.3) is 0 Å². The highest BCUT2D eigenvalue weighted by molar-refractivity contribution is 5.94. The molecule has 2 fully saturated rings. The molecule has 2 heterocycles. The average Bonchev–Trinajstić information content (AvgIpc) is 3.06. The molecular weight excluding hydrogens is 264 g/mol. The molecule has 1 saturated carbocycles. The normalized spacial score (nSPS) is 29.9. The molecule has 1 N–H and O–H groups in total. The van der Waals surface area contributed by atoms with Crippen molar-refractivity contribution >= 4 is 5.91 Å². The Kier molecular flexibility index (Phi) is 4.07. The van der Waals surface area contributed by atoms with Gasteiger partial charge in [-0.3, -0.25) is 4.79 Å². The predicted octanol–water partition coefficient (Wildman–Crippen LogP) is 2.49. The highest BCUT2D eigenvalue weighted by Gasteiger charge is 2.39. The minimum absolute atomic E-state index is 0.139. The standard InChI is InChI=1S/C17H26N2O2/c1-12-9-11-18(2)16(12)17(21)19-10-5-7-14(19)13-6-3-4-8-15(13)20/h9,11,13-15,20H,3-8,10H2,1-2H3. The topological polar surface area (TPSA) is 45.5 Å². The Morgan fingerprint density at radius 3 is 2.67 bits per heavy atom. The van der Waals surface area contributed by atoms with E-state index in [0.717, 1.165) is 49.9 Å². The Morgan fingerprint density at radius 1 is 1.24 bits per heavy atom. The van der Waals surface area contributed by atoms with E-state index < -0.39 is 0 Å². The molecular formula is C17H26N2O2. The molecule has 1 aromatic rings. The van der Waals surface area contributed by atoms with Crippen molar-refractivity contribution < 1.29 is 9.90 Å². The highest BCUT2D eigenvalue weighted by atomic mass is 16.3. The lowest BCUT2D eigenvalue weighted by Crippen LogP contribution is -2.45. The molecule has 1 aliphatic heterocycles. The molecule has 4 nitrogen and oxygen atoms in total. The number of hydrogen-bond acceptors (Lipinski definition) is 2. The van der Waals surface area contributed by atoms with E-state index in [0.29, 0.717) is 0 Å². The molecule has 1 aliphatic carbocycles. The minimum atomic E-state index is -0.230. The van der Waals surface area contributed by atoms with Gasteiger partial charge in [-0.1, -0.05) is 12.8 Å². The Balaban J connectivity index is 1.82. The van der Waals surface area contributed by atoms with E-state index in [4.69, 9.17) is 0 Å². The lowest BCUT2D eigenvalue weighted by molar-refractivity contribution is 0.0208. The predicted molar refractivity (Wildman–Crippen MR) is 82.2 cm³/mol. The minimum Gasteiger partial charge on any atom is -0.393 e. The van der Waals surface area contributed by atoms with Gasteiger partial charge in [-0.15, -0.1) is 0 Å². The van der Waals surface area contributed by atoms with Gasteiger partial charge in [0, 0.05) is 31.7 Å². The first-order valence-electron chi connectivity index (χ1n) is 8.20. The molecule has 116 valence electrons. The van der Waals surface area contributed by atoms with Crippen molar-refractivity contribution in [3.05, 3.63) is 23.5 Å². The van der Waals surface area contributed by atoms with E-state index in [1.54, 1.807) is 0 Å². The molecule has 1 saturated heterocycles. The highest BCUT2D eigenvalue weighted by Crippen LogP contribution is 2.35. The van der Waals surface area contributed by atoms with Gasteiger partial charge in [-0.25, -0.2) is 0 Å². The Labute approximate surface area is 126 Å². The van der Waals surface area contributed by atoms with Crippen LogP contribution in [0, 0.1) is 12.8 Å². The van der Waals surface area contributed by atoms with Gasteiger partial charge in [0.05, 0.1) is 6.10 Å². The molecule has 1 amide bonds. The summed E-state index contributed by atoms with van der Waals surface area (Å²) in [7, 11) is 1.93. The monoisotopic (exact) mass is 290 g/mol. The number of hydrogen-bond donors (Lipinski definition) is 1. The van der Waals surface area contributed by atoms with Crippen LogP contribution in [0.4, 0.5) is 0 Å². The third kappa shape index (κ3) is 2.61. The fourth-order valence-corrected chi connectivity index (χ4v) is 4.19. The number of likely N-dealkylation sites (tertiary alicyclic amines) is 1. The summed E-state index contributed by atoms with van der Waals surface area (Å²) in [4.78, 5) is 15.0. The van der Waals surface area contributed by atoms with Crippen molar-refractivity contribution in [3.63, 3.8) is 0 Å². The van der Waals surface area contributed by atoms with Crippen LogP contribution in [0.3, 0.4) is 0 Å². The SMILES string of the molecule is Cc1ccn(C)c1C(=O)N1CCCC1C1CCCCC1O. The zero-order valence-corrected chi connectivity index (χ0v) is 13.1. The average molecular weight is 290 g/mol. The van der Waals surface area contributed by atoms with Crippen LogP contribution >= 0.6 is 0 Å². The van der Waals surface area contributed by atoms with Crippen LogP contribution in [0.5, 0.6) is 0 Å². The second-order valence-corrected chi connectivity index (χ2v) is 6.68. The van der Waals surface area contributed by atoms with Gasteiger partial charge in [-0.05, 0) is 44.2 Å². The summed E-state index contributed by atoms with van der Waals surface area (Å²) in [5.41, 5.74) is 1.84. The van der Waals surface area contributed by atoms with Crippen LogP contribution in [0.15, 0.2) is 12.3 Å². The van der Waals surface area contributed by atoms with Crippen LogP contribution in [0.2, 0.25) is 0 Å². The fourth-order valence-electron chi connectivity index (χ4n) is 4.19. The van der Waals surface area contributed by atoms with E-state index in [9.17, 15) is 9.90 Å². The van der Waals surface area contributed by atoms with Gasteiger partial charge in [0.2, 0.25) is 0 Å². The van der Waals surface area contributed by atoms with Crippen molar-refractivity contribution in [1.82, 2.24) is 9.47 Å². The third-order valence-electron chi connectivity index (χ3n) is 5.31. The Hall–Kier alpha value is -1.29. The van der Waals surface area contributed by atoms with E-state index >= 15 is 0 Å². The summed E-state index contributed by atoms with van der Waals surface area (Å²) >= 11 is 0. The van der Waals surface area contributed by atoms with Gasteiger partial charge in [-0.2, -0.15) is 0 Å². The summed E-state index contributed by atoms with van der Waals surface area (Å²) in [6.07, 6.45) is 8.07. The van der Waals surface area contributed by atoms with Gasteiger partial charge < -0.3 is 14.6 Å². The maximum absolute atomic E-state index is 12.9. The van der Waals surface area contributed by atoms with Gasteiger partial charge in [0.15, 0.2) is 0 Å². The lowest BCUT2D eigenvalue weighted by atomic mass is 9.80. The molecule has 0 aromatic carbocycles. The smallest absolute Gasteiger partial charge is 0.271 e. The van der Waals surface area contributed by atoms with Gasteiger partial charge in [0.25, 0.3) is 5.91 Å². The summed E-state index contributed by atoms with van der Waals surface area (Å²) in [6, 6.07) is 2.22. The maximum Gasteiger partial charge on any atom is 0.271 e. The van der Waals surface area contributed by atoms with Crippen LogP contribution in [-0.2, 0) is 7.05 Å². The molecule has 3 unspecified atom stereocenters. The fraction of sp³-hybridized carbons (Fsp3) is 0.706. The number of aromatic nitrogens is 1. The molecule has 1 aromatic heterocycles. The molecule has 21 heavy (non-hydrogen) atoms. The maximum atomic E-state index is 12.9. The Bertz CT molecular complexity index is 503. The van der Waals surface area contributed by atoms with E-state index in [1.807, 2.05) is 35.7 Å². The number of rotatable bonds is 2. The molecule has 3 atom stereocenters. The summed E-state index contributed by atoms with van der Waals surface area (Å²) in [6.45, 7) is 2.82. The van der Waals surface area contributed by atoms with Crippen LogP contribution in [-0.4, -0.2) is 39.2 Å². The van der Waals surface area contributed by atoms with Crippen molar-refractivity contribution in [2.75, 3.05) is 6.54 Å². The van der Waals surface area contributed by atoms with E-state index in [2.05, 4.69) is 0 Å². The van der Waals surface area contributed by atoms with Gasteiger partial charge in [0.1, 0.15) is 5.69 Å². The van der Waals surface area contributed by atoms with Crippen LogP contribution < -0.4 is 0 Å². The number of amides is 1. The summed E-state index contributed by atoms with van der Waals surface area (Å²) < 4.78 is 1.92. The van der Waals surface area contributed by atoms with E-state index in [1.165, 1.54) is 6.42 Å². The third-order valence-corrected chi connectivity index (χ3v) is 5.31. The van der Waals surface area contributed by atoms with E-state index in [-0.39, 0.29) is 24.0 Å². The molecule has 0 radical (unpaired) electrons. The number of nitrogens with zero attached hydrogens (tertiary/aromatic N) is 2. The van der Waals surface area contributed by atoms with Gasteiger partial charge >= 0.3 is 0 Å². The zero-order valence-electron chi connectivity index (χ0n) is 13.1. The summed E-state index contributed by atoms with van der Waals surface area (Å²) in [5.74, 6) is 0.408. The first-order chi connectivity index (χ1) is 10.1. The molecule has 0 spiro atoms. The molecule has 0 bridgehead atoms. The number of aliphatic hydroxyl groups is 1. The largest absolute Gasteiger partial charge is 0.393 e. The Morgan fingerprint density at radius 2 is 2.00 bits per heavy atom.